The van der Waals surface area contributed by atoms with Crippen molar-refractivity contribution in [3.05, 3.63) is 39.9 Å². The number of para-hydroxylation sites is 1. The standard InChI is InChI=1S/C12H16N2O6S/c1-8-6-9(7-19-21(13,17)18)12(20-8)10-4-2-3-5-11(10)14(15)16/h2-5,8-9,12H,6-7H2,1H3,(H2,13,17,18)/t8?,9-,12+/m0/s1. The van der Waals surface area contributed by atoms with E-state index in [-0.39, 0.29) is 24.3 Å². The van der Waals surface area contributed by atoms with Crippen molar-refractivity contribution in [2.45, 2.75) is 25.6 Å². The molecule has 1 unspecified atom stereocenters. The Balaban J connectivity index is 2.26. The highest BCUT2D eigenvalue weighted by Gasteiger charge is 2.38. The maximum Gasteiger partial charge on any atom is 0.333 e. The van der Waals surface area contributed by atoms with E-state index >= 15 is 0 Å². The van der Waals surface area contributed by atoms with Crippen LogP contribution in [0.1, 0.15) is 25.0 Å². The van der Waals surface area contributed by atoms with Crippen molar-refractivity contribution in [1.29, 1.82) is 0 Å². The van der Waals surface area contributed by atoms with Crippen LogP contribution in [-0.2, 0) is 19.2 Å². The van der Waals surface area contributed by atoms with Crippen molar-refractivity contribution >= 4 is 16.0 Å². The van der Waals surface area contributed by atoms with Crippen LogP contribution in [0.15, 0.2) is 24.3 Å². The first-order valence-corrected chi connectivity index (χ1v) is 7.81. The second-order valence-corrected chi connectivity index (χ2v) is 6.18. The number of rotatable bonds is 5. The van der Waals surface area contributed by atoms with Crippen LogP contribution < -0.4 is 5.14 Å². The molecule has 1 aromatic rings. The number of hydrogen-bond donors (Lipinski definition) is 1. The summed E-state index contributed by atoms with van der Waals surface area (Å²) in [6.45, 7) is 1.65. The molecule has 1 aromatic carbocycles. The van der Waals surface area contributed by atoms with Crippen LogP contribution in [0.3, 0.4) is 0 Å². The first kappa shape index (κ1) is 15.8. The molecule has 0 radical (unpaired) electrons. The van der Waals surface area contributed by atoms with E-state index in [1.807, 2.05) is 6.92 Å². The van der Waals surface area contributed by atoms with Gasteiger partial charge in [0, 0.05) is 12.0 Å². The van der Waals surface area contributed by atoms with Gasteiger partial charge in [-0.1, -0.05) is 12.1 Å². The predicted octanol–water partition coefficient (Wildman–Crippen LogP) is 1.28. The van der Waals surface area contributed by atoms with E-state index in [2.05, 4.69) is 4.18 Å². The van der Waals surface area contributed by atoms with Gasteiger partial charge in [0.15, 0.2) is 0 Å². The lowest BCUT2D eigenvalue weighted by atomic mass is 9.94. The van der Waals surface area contributed by atoms with Gasteiger partial charge in [0.2, 0.25) is 0 Å². The van der Waals surface area contributed by atoms with E-state index in [9.17, 15) is 18.5 Å². The molecule has 1 aliphatic heterocycles. The zero-order valence-electron chi connectivity index (χ0n) is 11.3. The van der Waals surface area contributed by atoms with Gasteiger partial charge >= 0.3 is 10.3 Å². The number of nitrogens with two attached hydrogens (primary N) is 1. The molecule has 0 bridgehead atoms. The molecule has 1 saturated heterocycles. The summed E-state index contributed by atoms with van der Waals surface area (Å²) < 4.78 is 32.1. The number of nitro benzene ring substituents is 1. The minimum atomic E-state index is -4.05. The summed E-state index contributed by atoms with van der Waals surface area (Å²) in [6, 6.07) is 6.23. The minimum absolute atomic E-state index is 0.0581. The molecule has 0 saturated carbocycles. The van der Waals surface area contributed by atoms with Crippen molar-refractivity contribution in [2.24, 2.45) is 11.1 Å². The molecule has 0 amide bonds. The number of ether oxygens (including phenoxy) is 1. The van der Waals surface area contributed by atoms with Crippen molar-refractivity contribution in [3.63, 3.8) is 0 Å². The van der Waals surface area contributed by atoms with E-state index in [4.69, 9.17) is 9.88 Å². The molecule has 21 heavy (non-hydrogen) atoms. The predicted molar refractivity (Wildman–Crippen MR) is 73.6 cm³/mol. The Bertz CT molecular complexity index is 632. The van der Waals surface area contributed by atoms with Crippen LogP contribution in [-0.4, -0.2) is 26.1 Å². The minimum Gasteiger partial charge on any atom is -0.370 e. The summed E-state index contributed by atoms with van der Waals surface area (Å²) in [5.74, 6) is -0.320. The third-order valence-corrected chi connectivity index (χ3v) is 3.79. The van der Waals surface area contributed by atoms with Gasteiger partial charge in [-0.3, -0.25) is 14.3 Å². The Labute approximate surface area is 122 Å². The monoisotopic (exact) mass is 316 g/mol. The van der Waals surface area contributed by atoms with E-state index in [0.717, 1.165) is 0 Å². The molecule has 116 valence electrons. The quantitative estimate of drug-likeness (QED) is 0.645. The first-order valence-electron chi connectivity index (χ1n) is 6.34. The third-order valence-electron chi connectivity index (χ3n) is 3.33. The third kappa shape index (κ3) is 3.97. The maximum atomic E-state index is 11.1. The lowest BCUT2D eigenvalue weighted by molar-refractivity contribution is -0.386. The molecule has 1 fully saturated rings. The average molecular weight is 316 g/mol. The van der Waals surface area contributed by atoms with Gasteiger partial charge < -0.3 is 4.74 Å². The smallest absolute Gasteiger partial charge is 0.333 e. The van der Waals surface area contributed by atoms with Gasteiger partial charge in [-0.25, -0.2) is 5.14 Å². The highest BCUT2D eigenvalue weighted by atomic mass is 32.2. The molecule has 2 rings (SSSR count). The maximum absolute atomic E-state index is 11.1. The normalized spacial score (nSPS) is 25.9. The Morgan fingerprint density at radius 3 is 2.76 bits per heavy atom. The number of benzene rings is 1. The molecular weight excluding hydrogens is 300 g/mol. The molecule has 1 aliphatic rings. The van der Waals surface area contributed by atoms with Gasteiger partial charge in [0.05, 0.1) is 29.3 Å². The molecule has 2 N–H and O–H groups in total. The molecule has 1 heterocycles. The molecule has 0 spiro atoms. The largest absolute Gasteiger partial charge is 0.370 e. The number of nitro groups is 1. The lowest BCUT2D eigenvalue weighted by Gasteiger charge is -2.18. The van der Waals surface area contributed by atoms with Crippen molar-refractivity contribution in [3.8, 4) is 0 Å². The van der Waals surface area contributed by atoms with Crippen LogP contribution in [0, 0.1) is 16.0 Å². The molecular formula is C12H16N2O6S. The Morgan fingerprint density at radius 1 is 1.48 bits per heavy atom. The van der Waals surface area contributed by atoms with Crippen LogP contribution in [0.2, 0.25) is 0 Å². The van der Waals surface area contributed by atoms with Gasteiger partial charge in [0.25, 0.3) is 5.69 Å². The molecule has 0 aliphatic carbocycles. The van der Waals surface area contributed by atoms with Crippen molar-refractivity contribution < 1.29 is 22.3 Å². The fourth-order valence-electron chi connectivity index (χ4n) is 2.53. The SMILES string of the molecule is CC1C[C@@H](COS(N)(=O)=O)[C@H](c2ccccc2[N+](=O)[O-])O1. The Hall–Kier alpha value is -1.55. The number of nitrogens with zero attached hydrogens (tertiary/aromatic N) is 1. The summed E-state index contributed by atoms with van der Waals surface area (Å²) in [6.07, 6.45) is -0.209. The van der Waals surface area contributed by atoms with E-state index < -0.39 is 21.3 Å². The van der Waals surface area contributed by atoms with Crippen LogP contribution in [0.4, 0.5) is 5.69 Å². The second kappa shape index (κ2) is 6.06. The summed E-state index contributed by atoms with van der Waals surface area (Å²) in [7, 11) is -4.05. The second-order valence-electron chi connectivity index (χ2n) is 4.96. The van der Waals surface area contributed by atoms with Crippen LogP contribution >= 0.6 is 0 Å². The van der Waals surface area contributed by atoms with Crippen LogP contribution in [0.5, 0.6) is 0 Å². The lowest BCUT2D eigenvalue weighted by Crippen LogP contribution is -2.22. The van der Waals surface area contributed by atoms with Gasteiger partial charge in [-0.15, -0.1) is 0 Å². The zero-order chi connectivity index (χ0) is 15.6. The summed E-state index contributed by atoms with van der Waals surface area (Å²) in [5.41, 5.74) is 0.354. The molecule has 3 atom stereocenters. The molecule has 0 aromatic heterocycles. The summed E-state index contributed by atoms with van der Waals surface area (Å²) in [5, 5.41) is 15.9. The average Bonchev–Trinajstić information content (AvgIpc) is 2.76. The fourth-order valence-corrected chi connectivity index (χ4v) is 2.89. The van der Waals surface area contributed by atoms with Gasteiger partial charge in [-0.05, 0) is 19.4 Å². The van der Waals surface area contributed by atoms with Gasteiger partial charge in [0.1, 0.15) is 0 Å². The fraction of sp³-hybridized carbons (Fsp3) is 0.500. The van der Waals surface area contributed by atoms with Crippen molar-refractivity contribution in [1.82, 2.24) is 0 Å². The van der Waals surface area contributed by atoms with E-state index in [0.29, 0.717) is 12.0 Å². The topological polar surface area (TPSA) is 122 Å². The zero-order valence-corrected chi connectivity index (χ0v) is 12.2. The van der Waals surface area contributed by atoms with Crippen LogP contribution in [0.25, 0.3) is 0 Å². The van der Waals surface area contributed by atoms with Crippen molar-refractivity contribution in [2.75, 3.05) is 6.61 Å². The number of hydrogen-bond acceptors (Lipinski definition) is 6. The molecule has 8 nitrogen and oxygen atoms in total. The van der Waals surface area contributed by atoms with E-state index in [1.165, 1.54) is 6.07 Å². The summed E-state index contributed by atoms with van der Waals surface area (Å²) >= 11 is 0. The van der Waals surface area contributed by atoms with Gasteiger partial charge in [-0.2, -0.15) is 8.42 Å². The van der Waals surface area contributed by atoms with E-state index in [1.54, 1.807) is 18.2 Å². The first-order chi connectivity index (χ1) is 9.78. The Morgan fingerprint density at radius 2 is 2.14 bits per heavy atom. The highest BCUT2D eigenvalue weighted by Crippen LogP contribution is 2.41. The highest BCUT2D eigenvalue weighted by molar-refractivity contribution is 7.84. The Kier molecular flexibility index (Phi) is 4.57. The summed E-state index contributed by atoms with van der Waals surface area (Å²) in [4.78, 5) is 10.6. The molecule has 9 heteroatoms.